The van der Waals surface area contributed by atoms with Gasteiger partial charge in [0.25, 0.3) is 0 Å². The first-order chi connectivity index (χ1) is 13.2. The molecule has 3 aromatic rings. The first-order valence-corrected chi connectivity index (χ1v) is 10.5. The van der Waals surface area contributed by atoms with E-state index in [0.29, 0.717) is 16.7 Å². The molecular formula is C22H27ClO3S. The minimum absolute atomic E-state index is 0.103. The molecule has 0 unspecified atom stereocenters. The predicted octanol–water partition coefficient (Wildman–Crippen LogP) is 7.49. The van der Waals surface area contributed by atoms with Crippen molar-refractivity contribution < 1.29 is 13.9 Å². The lowest BCUT2D eigenvalue weighted by Gasteiger charge is -2.01. The van der Waals surface area contributed by atoms with Gasteiger partial charge in [-0.15, -0.1) is 11.3 Å². The SMILES string of the molecule is CC.CC.CCOC(=O)Cc1oc(-c2ccccc2)cc1-c1ccc(Cl)s1. The van der Waals surface area contributed by atoms with Crippen molar-refractivity contribution in [3.8, 4) is 21.8 Å². The molecule has 0 aliphatic rings. The van der Waals surface area contributed by atoms with E-state index in [2.05, 4.69) is 0 Å². The van der Waals surface area contributed by atoms with Gasteiger partial charge in [0.15, 0.2) is 0 Å². The van der Waals surface area contributed by atoms with Crippen LogP contribution in [0.5, 0.6) is 0 Å². The monoisotopic (exact) mass is 406 g/mol. The molecule has 0 saturated heterocycles. The summed E-state index contributed by atoms with van der Waals surface area (Å²) in [5, 5.41) is 0. The Labute approximate surface area is 170 Å². The van der Waals surface area contributed by atoms with Crippen LogP contribution in [0.25, 0.3) is 21.8 Å². The van der Waals surface area contributed by atoms with Crippen molar-refractivity contribution in [3.05, 3.63) is 58.6 Å². The van der Waals surface area contributed by atoms with Crippen molar-refractivity contribution in [2.24, 2.45) is 0 Å². The van der Waals surface area contributed by atoms with Crippen LogP contribution in [-0.2, 0) is 16.0 Å². The Hall–Kier alpha value is -2.04. The van der Waals surface area contributed by atoms with E-state index in [1.807, 2.05) is 76.2 Å². The number of benzene rings is 1. The van der Waals surface area contributed by atoms with Crippen LogP contribution in [0.4, 0.5) is 0 Å². The molecule has 0 saturated carbocycles. The number of furan rings is 1. The molecule has 1 aromatic carbocycles. The lowest BCUT2D eigenvalue weighted by Crippen LogP contribution is -2.07. The maximum absolute atomic E-state index is 11.8. The summed E-state index contributed by atoms with van der Waals surface area (Å²) in [5.74, 6) is 1.02. The third kappa shape index (κ3) is 6.56. The zero-order valence-corrected chi connectivity index (χ0v) is 18.1. The number of thiophene rings is 1. The maximum atomic E-state index is 11.8. The highest BCUT2D eigenvalue weighted by atomic mass is 35.5. The van der Waals surface area contributed by atoms with E-state index in [-0.39, 0.29) is 12.4 Å². The molecule has 3 rings (SSSR count). The first kappa shape index (κ1) is 23.0. The van der Waals surface area contributed by atoms with Crippen LogP contribution < -0.4 is 0 Å². The smallest absolute Gasteiger partial charge is 0.313 e. The van der Waals surface area contributed by atoms with E-state index >= 15 is 0 Å². The maximum Gasteiger partial charge on any atom is 0.313 e. The van der Waals surface area contributed by atoms with Crippen molar-refractivity contribution in [2.45, 2.75) is 41.0 Å². The number of carbonyl (C=O) groups is 1. The molecule has 27 heavy (non-hydrogen) atoms. The third-order valence-corrected chi connectivity index (χ3v) is 4.58. The fourth-order valence-electron chi connectivity index (χ4n) is 2.32. The Morgan fingerprint density at radius 1 is 1.07 bits per heavy atom. The average Bonchev–Trinajstić information content (AvgIpc) is 3.32. The Kier molecular flexibility index (Phi) is 10.5. The normalized spacial score (nSPS) is 9.56. The van der Waals surface area contributed by atoms with Gasteiger partial charge in [0.05, 0.1) is 10.9 Å². The Morgan fingerprint density at radius 3 is 2.30 bits per heavy atom. The molecular weight excluding hydrogens is 380 g/mol. The number of carbonyl (C=O) groups excluding carboxylic acids is 1. The summed E-state index contributed by atoms with van der Waals surface area (Å²) in [4.78, 5) is 12.8. The summed E-state index contributed by atoms with van der Waals surface area (Å²) < 4.78 is 11.7. The molecule has 2 aromatic heterocycles. The lowest BCUT2D eigenvalue weighted by molar-refractivity contribution is -0.142. The molecule has 0 bridgehead atoms. The van der Waals surface area contributed by atoms with Crippen molar-refractivity contribution in [3.63, 3.8) is 0 Å². The summed E-state index contributed by atoms with van der Waals surface area (Å²) in [6.45, 7) is 10.1. The molecule has 0 fully saturated rings. The van der Waals surface area contributed by atoms with E-state index in [1.54, 1.807) is 6.92 Å². The number of hydrogen-bond donors (Lipinski definition) is 0. The second kappa shape index (κ2) is 12.4. The highest BCUT2D eigenvalue weighted by Crippen LogP contribution is 2.38. The topological polar surface area (TPSA) is 39.4 Å². The van der Waals surface area contributed by atoms with Crippen LogP contribution in [0, 0.1) is 0 Å². The second-order valence-corrected chi connectivity index (χ2v) is 6.61. The van der Waals surface area contributed by atoms with Crippen LogP contribution >= 0.6 is 22.9 Å². The van der Waals surface area contributed by atoms with Crippen molar-refractivity contribution >= 4 is 28.9 Å². The van der Waals surface area contributed by atoms with Gasteiger partial charge in [-0.3, -0.25) is 4.79 Å². The van der Waals surface area contributed by atoms with Gasteiger partial charge in [-0.25, -0.2) is 0 Å². The van der Waals surface area contributed by atoms with Crippen LogP contribution in [0.15, 0.2) is 52.9 Å². The summed E-state index contributed by atoms with van der Waals surface area (Å²) >= 11 is 7.50. The molecule has 3 nitrogen and oxygen atoms in total. The van der Waals surface area contributed by atoms with E-state index < -0.39 is 0 Å². The number of ether oxygens (including phenoxy) is 1. The molecule has 0 N–H and O–H groups in total. The zero-order chi connectivity index (χ0) is 20.2. The molecule has 146 valence electrons. The van der Waals surface area contributed by atoms with Crippen molar-refractivity contribution in [2.75, 3.05) is 6.61 Å². The van der Waals surface area contributed by atoms with Gasteiger partial charge in [-0.1, -0.05) is 69.6 Å². The van der Waals surface area contributed by atoms with Gasteiger partial charge in [0, 0.05) is 16.0 Å². The average molecular weight is 407 g/mol. The molecule has 0 radical (unpaired) electrons. The third-order valence-electron chi connectivity index (χ3n) is 3.32. The summed E-state index contributed by atoms with van der Waals surface area (Å²) in [7, 11) is 0. The number of halogens is 1. The fraction of sp³-hybridized carbons (Fsp3) is 0.318. The van der Waals surface area contributed by atoms with Gasteiger partial charge < -0.3 is 9.15 Å². The first-order valence-electron chi connectivity index (χ1n) is 9.27. The van der Waals surface area contributed by atoms with E-state index in [1.165, 1.54) is 11.3 Å². The number of esters is 1. The molecule has 2 heterocycles. The molecule has 0 spiro atoms. The summed E-state index contributed by atoms with van der Waals surface area (Å²) in [6, 6.07) is 15.5. The number of rotatable bonds is 5. The van der Waals surface area contributed by atoms with Crippen molar-refractivity contribution in [1.82, 2.24) is 0 Å². The van der Waals surface area contributed by atoms with Gasteiger partial charge in [0.1, 0.15) is 17.9 Å². The Morgan fingerprint density at radius 2 is 1.74 bits per heavy atom. The van der Waals surface area contributed by atoms with Crippen LogP contribution in [0.2, 0.25) is 4.34 Å². The van der Waals surface area contributed by atoms with E-state index in [0.717, 1.165) is 21.8 Å². The summed E-state index contributed by atoms with van der Waals surface area (Å²) in [6.07, 6.45) is 0.103. The Balaban J connectivity index is 0.000000855. The quantitative estimate of drug-likeness (QED) is 0.412. The van der Waals surface area contributed by atoms with Crippen molar-refractivity contribution in [1.29, 1.82) is 0 Å². The molecule has 5 heteroatoms. The van der Waals surface area contributed by atoms with Gasteiger partial charge in [-0.05, 0) is 25.1 Å². The predicted molar refractivity (Wildman–Crippen MR) is 116 cm³/mol. The fourth-order valence-corrected chi connectivity index (χ4v) is 3.39. The molecule has 0 aliphatic carbocycles. The van der Waals surface area contributed by atoms with Gasteiger partial charge in [0.2, 0.25) is 0 Å². The minimum Gasteiger partial charge on any atom is -0.466 e. The van der Waals surface area contributed by atoms with Gasteiger partial charge in [-0.2, -0.15) is 0 Å². The van der Waals surface area contributed by atoms with Crippen LogP contribution in [0.3, 0.4) is 0 Å². The Bertz CT molecular complexity index is 806. The zero-order valence-electron chi connectivity index (χ0n) is 16.5. The van der Waals surface area contributed by atoms with Gasteiger partial charge >= 0.3 is 5.97 Å². The lowest BCUT2D eigenvalue weighted by atomic mass is 10.1. The van der Waals surface area contributed by atoms with Crippen LogP contribution in [-0.4, -0.2) is 12.6 Å². The van der Waals surface area contributed by atoms with E-state index in [4.69, 9.17) is 20.8 Å². The highest BCUT2D eigenvalue weighted by Gasteiger charge is 2.19. The highest BCUT2D eigenvalue weighted by molar-refractivity contribution is 7.19. The molecule has 0 amide bonds. The van der Waals surface area contributed by atoms with Crippen LogP contribution in [0.1, 0.15) is 40.4 Å². The molecule has 0 aliphatic heterocycles. The summed E-state index contributed by atoms with van der Waals surface area (Å²) in [5.41, 5.74) is 1.85. The minimum atomic E-state index is -0.301. The van der Waals surface area contributed by atoms with E-state index in [9.17, 15) is 4.79 Å². The second-order valence-electron chi connectivity index (χ2n) is 4.90. The standard InChI is InChI=1S/C18H15ClO3S.2C2H6/c1-2-21-18(20)11-15-13(16-8-9-17(19)23-16)10-14(22-15)12-6-4-3-5-7-12;2*1-2/h3-10H,2,11H2,1H3;2*1-2H3. The largest absolute Gasteiger partial charge is 0.466 e. The number of hydrogen-bond acceptors (Lipinski definition) is 4. The molecule has 0 atom stereocenters.